The van der Waals surface area contributed by atoms with E-state index in [4.69, 9.17) is 9.84 Å². The van der Waals surface area contributed by atoms with E-state index >= 15 is 0 Å². The number of fused-ring (bicyclic) bond motifs is 3. The van der Waals surface area contributed by atoms with Crippen molar-refractivity contribution in [2.45, 2.75) is 57.7 Å². The number of urea groups is 1. The number of rotatable bonds is 4. The van der Waals surface area contributed by atoms with Crippen molar-refractivity contribution in [2.75, 3.05) is 7.11 Å². The third-order valence-electron chi connectivity index (χ3n) is 7.69. The molecule has 190 valence electrons. The number of methoxy groups -OCH3 is 1. The standard InChI is InChI=1S/C30H33N5O2/c1-21-26-20-34(30(36)31-23-12-5-3-6-13-23)28(22-11-9-16-25(19-22)37-2)27-17-10-18-33(27)29(26)35(32-21)24-14-7-4-8-15-24/h4,7-11,14-19,23,28H,3,5-6,12-13,20H2,1-2H3,(H,31,36)/t28-/m0/s1. The molecule has 4 aromatic rings. The molecule has 2 amide bonds. The molecule has 2 aliphatic rings. The minimum absolute atomic E-state index is 0.0350. The lowest BCUT2D eigenvalue weighted by atomic mass is 9.95. The molecule has 1 aliphatic carbocycles. The molecule has 0 unspecified atom stereocenters. The Balaban J connectivity index is 1.51. The smallest absolute Gasteiger partial charge is 0.318 e. The number of amides is 2. The topological polar surface area (TPSA) is 64.3 Å². The van der Waals surface area contributed by atoms with Crippen LogP contribution in [0.5, 0.6) is 5.75 Å². The number of hydrogen-bond donors (Lipinski definition) is 1. The van der Waals surface area contributed by atoms with Crippen LogP contribution in [0.3, 0.4) is 0 Å². The maximum Gasteiger partial charge on any atom is 0.318 e. The highest BCUT2D eigenvalue weighted by Gasteiger charge is 2.36. The van der Waals surface area contributed by atoms with Gasteiger partial charge < -0.3 is 19.5 Å². The summed E-state index contributed by atoms with van der Waals surface area (Å²) in [4.78, 5) is 16.0. The first kappa shape index (κ1) is 23.4. The Labute approximate surface area is 217 Å². The molecule has 7 heteroatoms. The molecule has 7 nitrogen and oxygen atoms in total. The van der Waals surface area contributed by atoms with Gasteiger partial charge in [0.05, 0.1) is 36.8 Å². The van der Waals surface area contributed by atoms with Gasteiger partial charge in [-0.25, -0.2) is 9.48 Å². The zero-order valence-electron chi connectivity index (χ0n) is 21.4. The molecule has 1 saturated carbocycles. The monoisotopic (exact) mass is 495 g/mol. The molecule has 2 aromatic carbocycles. The summed E-state index contributed by atoms with van der Waals surface area (Å²) in [5.74, 6) is 1.75. The molecular formula is C30H33N5O2. The van der Waals surface area contributed by atoms with Crippen molar-refractivity contribution in [3.05, 3.63) is 95.4 Å². The van der Waals surface area contributed by atoms with E-state index in [1.165, 1.54) is 19.3 Å². The van der Waals surface area contributed by atoms with Gasteiger partial charge in [0, 0.05) is 17.8 Å². The molecule has 1 aliphatic heterocycles. The molecule has 37 heavy (non-hydrogen) atoms. The highest BCUT2D eigenvalue weighted by Crippen LogP contribution is 2.39. The van der Waals surface area contributed by atoms with E-state index in [-0.39, 0.29) is 18.1 Å². The van der Waals surface area contributed by atoms with Gasteiger partial charge in [0.1, 0.15) is 11.6 Å². The molecule has 1 atom stereocenters. The van der Waals surface area contributed by atoms with Crippen LogP contribution in [-0.4, -0.2) is 38.4 Å². The predicted octanol–water partition coefficient (Wildman–Crippen LogP) is 5.93. The second-order valence-corrected chi connectivity index (χ2v) is 10.0. The minimum atomic E-state index is -0.287. The van der Waals surface area contributed by atoms with Gasteiger partial charge in [-0.3, -0.25) is 0 Å². The Morgan fingerprint density at radius 3 is 2.59 bits per heavy atom. The highest BCUT2D eigenvalue weighted by molar-refractivity contribution is 5.76. The van der Waals surface area contributed by atoms with Gasteiger partial charge in [0.25, 0.3) is 0 Å². The van der Waals surface area contributed by atoms with Crippen molar-refractivity contribution in [1.82, 2.24) is 24.6 Å². The van der Waals surface area contributed by atoms with Crippen LogP contribution in [0.1, 0.15) is 60.7 Å². The van der Waals surface area contributed by atoms with E-state index in [0.29, 0.717) is 6.54 Å². The van der Waals surface area contributed by atoms with Crippen LogP contribution in [0.2, 0.25) is 0 Å². The minimum Gasteiger partial charge on any atom is -0.497 e. The average Bonchev–Trinajstić information content (AvgIpc) is 3.50. The van der Waals surface area contributed by atoms with Crippen LogP contribution in [0, 0.1) is 6.92 Å². The van der Waals surface area contributed by atoms with E-state index < -0.39 is 0 Å². The number of carbonyl (C=O) groups excluding carboxylic acids is 1. The first-order valence-electron chi connectivity index (χ1n) is 13.2. The molecule has 1 N–H and O–H groups in total. The maximum atomic E-state index is 14.0. The molecule has 2 aromatic heterocycles. The van der Waals surface area contributed by atoms with Gasteiger partial charge in [0.2, 0.25) is 0 Å². The number of nitrogens with zero attached hydrogens (tertiary/aromatic N) is 4. The van der Waals surface area contributed by atoms with Crippen molar-refractivity contribution in [2.24, 2.45) is 0 Å². The summed E-state index contributed by atoms with van der Waals surface area (Å²) in [6.45, 7) is 2.49. The molecule has 0 spiro atoms. The second kappa shape index (κ2) is 9.81. The Kier molecular flexibility index (Phi) is 6.20. The summed E-state index contributed by atoms with van der Waals surface area (Å²) < 4.78 is 9.76. The third-order valence-corrected chi connectivity index (χ3v) is 7.69. The Morgan fingerprint density at radius 2 is 1.81 bits per heavy atom. The number of para-hydroxylation sites is 1. The summed E-state index contributed by atoms with van der Waals surface area (Å²) in [7, 11) is 1.68. The van der Waals surface area contributed by atoms with Crippen molar-refractivity contribution in [1.29, 1.82) is 0 Å². The van der Waals surface area contributed by atoms with Crippen molar-refractivity contribution in [3.8, 4) is 17.3 Å². The summed E-state index contributed by atoms with van der Waals surface area (Å²) in [6, 6.07) is 22.3. The van der Waals surface area contributed by atoms with E-state index in [1.807, 2.05) is 59.0 Å². The molecular weight excluding hydrogens is 462 g/mol. The zero-order chi connectivity index (χ0) is 25.4. The fourth-order valence-corrected chi connectivity index (χ4v) is 5.82. The molecule has 0 saturated heterocycles. The van der Waals surface area contributed by atoms with E-state index in [2.05, 4.69) is 40.3 Å². The largest absolute Gasteiger partial charge is 0.497 e. The van der Waals surface area contributed by atoms with Crippen LogP contribution in [0.25, 0.3) is 11.5 Å². The quantitative estimate of drug-likeness (QED) is 0.382. The number of benzene rings is 2. The molecule has 6 rings (SSSR count). The number of nitrogens with one attached hydrogen (secondary N) is 1. The fraction of sp³-hybridized carbons (Fsp3) is 0.333. The number of aromatic nitrogens is 3. The van der Waals surface area contributed by atoms with Crippen molar-refractivity contribution in [3.63, 3.8) is 0 Å². The molecule has 3 heterocycles. The van der Waals surface area contributed by atoms with Gasteiger partial charge in [-0.15, -0.1) is 0 Å². The van der Waals surface area contributed by atoms with E-state index in [1.54, 1.807) is 7.11 Å². The normalized spacial score (nSPS) is 17.6. The SMILES string of the molecule is COc1cccc([C@H]2c3cccn3-c3c(c(C)nn3-c3ccccc3)CN2C(=O)NC2CCCCC2)c1. The fourth-order valence-electron chi connectivity index (χ4n) is 5.82. The van der Waals surface area contributed by atoms with Crippen LogP contribution < -0.4 is 10.1 Å². The Hall–Kier alpha value is -4.00. The van der Waals surface area contributed by atoms with Gasteiger partial charge in [-0.1, -0.05) is 49.6 Å². The first-order valence-corrected chi connectivity index (χ1v) is 13.2. The first-order chi connectivity index (χ1) is 18.1. The van der Waals surface area contributed by atoms with E-state index in [0.717, 1.165) is 52.6 Å². The van der Waals surface area contributed by atoms with Crippen LogP contribution in [0.15, 0.2) is 72.9 Å². The van der Waals surface area contributed by atoms with Crippen LogP contribution >= 0.6 is 0 Å². The lowest BCUT2D eigenvalue weighted by Crippen LogP contribution is -2.46. The maximum absolute atomic E-state index is 14.0. The summed E-state index contributed by atoms with van der Waals surface area (Å²) >= 11 is 0. The summed E-state index contributed by atoms with van der Waals surface area (Å²) in [5.41, 5.74) is 4.98. The second-order valence-electron chi connectivity index (χ2n) is 10.0. The predicted molar refractivity (Wildman–Crippen MR) is 143 cm³/mol. The molecule has 1 fully saturated rings. The Bertz CT molecular complexity index is 1400. The molecule has 0 radical (unpaired) electrons. The number of ether oxygens (including phenoxy) is 1. The lowest BCUT2D eigenvalue weighted by molar-refractivity contribution is 0.173. The average molecular weight is 496 g/mol. The van der Waals surface area contributed by atoms with Crippen LogP contribution in [0.4, 0.5) is 4.79 Å². The Morgan fingerprint density at radius 1 is 1.00 bits per heavy atom. The van der Waals surface area contributed by atoms with Gasteiger partial charge in [0.15, 0.2) is 0 Å². The van der Waals surface area contributed by atoms with Crippen molar-refractivity contribution >= 4 is 6.03 Å². The number of aryl methyl sites for hydroxylation is 1. The highest BCUT2D eigenvalue weighted by atomic mass is 16.5. The summed E-state index contributed by atoms with van der Waals surface area (Å²) in [6.07, 6.45) is 7.73. The summed E-state index contributed by atoms with van der Waals surface area (Å²) in [5, 5.41) is 8.31. The zero-order valence-corrected chi connectivity index (χ0v) is 21.4. The third kappa shape index (κ3) is 4.28. The van der Waals surface area contributed by atoms with E-state index in [9.17, 15) is 4.79 Å². The lowest BCUT2D eigenvalue weighted by Gasteiger charge is -2.33. The van der Waals surface area contributed by atoms with Crippen LogP contribution in [-0.2, 0) is 6.54 Å². The van der Waals surface area contributed by atoms with Gasteiger partial charge >= 0.3 is 6.03 Å². The van der Waals surface area contributed by atoms with Gasteiger partial charge in [-0.2, -0.15) is 5.10 Å². The van der Waals surface area contributed by atoms with Crippen molar-refractivity contribution < 1.29 is 9.53 Å². The number of hydrogen-bond acceptors (Lipinski definition) is 3. The van der Waals surface area contributed by atoms with Gasteiger partial charge in [-0.05, 0) is 61.7 Å². The number of carbonyl (C=O) groups is 1. The molecule has 0 bridgehead atoms.